The predicted molar refractivity (Wildman–Crippen MR) is 229 cm³/mol. The summed E-state index contributed by atoms with van der Waals surface area (Å²) in [5.41, 5.74) is 11.1. The average molecular weight is 691 g/mol. The zero-order valence-corrected chi connectivity index (χ0v) is 30.0. The summed E-state index contributed by atoms with van der Waals surface area (Å²) in [7, 11) is 0. The van der Waals surface area contributed by atoms with Crippen molar-refractivity contribution in [1.29, 1.82) is 0 Å². The number of fused-ring (bicyclic) bond motifs is 9. The second-order valence-electron chi connectivity index (χ2n) is 14.3. The molecule has 11 aromatic rings. The van der Waals surface area contributed by atoms with Crippen molar-refractivity contribution in [2.45, 2.75) is 13.8 Å². The summed E-state index contributed by atoms with van der Waals surface area (Å²) < 4.78 is 12.7. The molecule has 0 saturated carbocycles. The van der Waals surface area contributed by atoms with Gasteiger partial charge in [-0.15, -0.1) is 0 Å². The fraction of sp³-hybridized carbons (Fsp3) is 0.0385. The van der Waals surface area contributed by atoms with Gasteiger partial charge in [0, 0.05) is 21.7 Å². The lowest BCUT2D eigenvalue weighted by Gasteiger charge is -2.19. The fourth-order valence-corrected chi connectivity index (χ4v) is 8.89. The first-order valence-corrected chi connectivity index (χ1v) is 18.6. The van der Waals surface area contributed by atoms with Crippen LogP contribution in [0, 0.1) is 6.92 Å². The molecule has 0 fully saturated rings. The smallest absolute Gasteiger partial charge is 0.136 e. The van der Waals surface area contributed by atoms with Crippen molar-refractivity contribution in [3.8, 4) is 33.4 Å². The summed E-state index contributed by atoms with van der Waals surface area (Å²) in [5, 5.41) is 13.2. The van der Waals surface area contributed by atoms with Gasteiger partial charge in [-0.2, -0.15) is 0 Å². The van der Waals surface area contributed by atoms with Crippen molar-refractivity contribution in [1.82, 2.24) is 0 Å². The molecule has 2 nitrogen and oxygen atoms in total. The lowest BCUT2D eigenvalue weighted by Crippen LogP contribution is -1.91. The van der Waals surface area contributed by atoms with Gasteiger partial charge in [0.1, 0.15) is 22.5 Å². The molecule has 0 aliphatic carbocycles. The molecule has 0 unspecified atom stereocenters. The molecule has 0 N–H and O–H groups in total. The minimum Gasteiger partial charge on any atom is -0.461 e. The van der Waals surface area contributed by atoms with Gasteiger partial charge >= 0.3 is 0 Å². The second-order valence-corrected chi connectivity index (χ2v) is 14.3. The maximum absolute atomic E-state index is 6.52. The molecule has 9 aromatic carbocycles. The van der Waals surface area contributed by atoms with E-state index < -0.39 is 0 Å². The largest absolute Gasteiger partial charge is 0.461 e. The van der Waals surface area contributed by atoms with E-state index in [1.165, 1.54) is 60.0 Å². The van der Waals surface area contributed by atoms with Gasteiger partial charge in [-0.1, -0.05) is 140 Å². The molecule has 0 atom stereocenters. The van der Waals surface area contributed by atoms with Crippen LogP contribution in [0.1, 0.15) is 18.2 Å². The Hall–Kier alpha value is -6.90. The molecule has 0 aliphatic heterocycles. The molecule has 0 bridgehead atoms. The van der Waals surface area contributed by atoms with Crippen LogP contribution < -0.4 is 0 Å². The van der Waals surface area contributed by atoms with Crippen LogP contribution >= 0.6 is 0 Å². The van der Waals surface area contributed by atoms with E-state index in [0.29, 0.717) is 0 Å². The summed E-state index contributed by atoms with van der Waals surface area (Å²) >= 11 is 0. The molecule has 2 aromatic heterocycles. The molecule has 2 heteroatoms. The van der Waals surface area contributed by atoms with Crippen molar-refractivity contribution < 1.29 is 8.83 Å². The maximum Gasteiger partial charge on any atom is 0.136 e. The SMILES string of the molecule is C/C=C\c1c(C)oc2cc3c(ccc4oc5cc(-c6ccc(-c7c8ccccc8c(-c8cccc9ccccc89)c8ccccc78)cc6)ccc5c43)cc12. The van der Waals surface area contributed by atoms with Crippen LogP contribution in [0.2, 0.25) is 0 Å². The van der Waals surface area contributed by atoms with Crippen molar-refractivity contribution in [3.63, 3.8) is 0 Å². The lowest BCUT2D eigenvalue weighted by atomic mass is 9.84. The molecule has 54 heavy (non-hydrogen) atoms. The summed E-state index contributed by atoms with van der Waals surface area (Å²) in [5.74, 6) is 0.932. The second kappa shape index (κ2) is 11.8. The molecule has 0 radical (unpaired) electrons. The number of rotatable bonds is 4. The van der Waals surface area contributed by atoms with Crippen molar-refractivity contribution in [3.05, 3.63) is 175 Å². The number of hydrogen-bond donors (Lipinski definition) is 0. The first-order valence-electron chi connectivity index (χ1n) is 18.6. The van der Waals surface area contributed by atoms with Crippen LogP contribution in [0.25, 0.3) is 115 Å². The maximum atomic E-state index is 6.52. The third-order valence-electron chi connectivity index (χ3n) is 11.3. The first kappa shape index (κ1) is 30.7. The van der Waals surface area contributed by atoms with Crippen molar-refractivity contribution in [2.24, 2.45) is 0 Å². The number of furan rings is 2. The Balaban J connectivity index is 1.04. The summed E-state index contributed by atoms with van der Waals surface area (Å²) in [6, 6.07) is 57.4. The van der Waals surface area contributed by atoms with Crippen molar-refractivity contribution >= 4 is 82.1 Å². The van der Waals surface area contributed by atoms with Gasteiger partial charge in [0.15, 0.2) is 0 Å². The van der Waals surface area contributed by atoms with Crippen LogP contribution in [0.5, 0.6) is 0 Å². The van der Waals surface area contributed by atoms with Crippen molar-refractivity contribution in [2.75, 3.05) is 0 Å². The van der Waals surface area contributed by atoms with E-state index in [4.69, 9.17) is 8.83 Å². The van der Waals surface area contributed by atoms with Gasteiger partial charge in [-0.05, 0) is 121 Å². The fourth-order valence-electron chi connectivity index (χ4n) is 8.89. The minimum absolute atomic E-state index is 0.880. The predicted octanol–water partition coefficient (Wildman–Crippen LogP) is 15.3. The molecule has 0 aliphatic rings. The van der Waals surface area contributed by atoms with E-state index in [1.54, 1.807) is 0 Å². The number of benzene rings is 9. The third-order valence-corrected chi connectivity index (χ3v) is 11.3. The molecule has 2 heterocycles. The first-order chi connectivity index (χ1) is 26.6. The zero-order valence-electron chi connectivity index (χ0n) is 30.0. The highest BCUT2D eigenvalue weighted by atomic mass is 16.3. The minimum atomic E-state index is 0.880. The number of hydrogen-bond acceptors (Lipinski definition) is 2. The van der Waals surface area contributed by atoms with E-state index in [2.05, 4.69) is 170 Å². The highest BCUT2D eigenvalue weighted by molar-refractivity contribution is 6.24. The third kappa shape index (κ3) is 4.53. The Morgan fingerprint density at radius 2 is 1.04 bits per heavy atom. The van der Waals surface area contributed by atoms with Gasteiger partial charge < -0.3 is 8.83 Å². The summed E-state index contributed by atoms with van der Waals surface area (Å²) in [6.07, 6.45) is 4.19. The van der Waals surface area contributed by atoms with Crippen LogP contribution in [0.4, 0.5) is 0 Å². The molecule has 0 spiro atoms. The quantitative estimate of drug-likeness (QED) is 0.172. The standard InChI is InChI=1S/C52H34O2/c1-3-11-37-31(2)53-49-30-45-36(28-46(37)49)25-27-47-52(45)44-26-24-35(29-48(44)54-47)32-20-22-34(23-21-32)50-40-15-6-8-17-42(40)51(43-18-9-7-16-41(43)50)39-19-10-13-33-12-4-5-14-38(33)39/h3-30H,1-2H3/b11-3-. The normalized spacial score (nSPS) is 12.2. The molecule has 254 valence electrons. The molecule has 0 amide bonds. The number of aryl methyl sites for hydroxylation is 1. The zero-order chi connectivity index (χ0) is 35.9. The van der Waals surface area contributed by atoms with Gasteiger partial charge in [0.05, 0.1) is 0 Å². The van der Waals surface area contributed by atoms with E-state index >= 15 is 0 Å². The van der Waals surface area contributed by atoms with Crippen LogP contribution in [-0.2, 0) is 0 Å². The molecule has 0 saturated heterocycles. The Labute approximate surface area is 312 Å². The average Bonchev–Trinajstić information content (AvgIpc) is 3.75. The van der Waals surface area contributed by atoms with E-state index in [-0.39, 0.29) is 0 Å². The van der Waals surface area contributed by atoms with Gasteiger partial charge in [-0.3, -0.25) is 0 Å². The van der Waals surface area contributed by atoms with Gasteiger partial charge in [0.2, 0.25) is 0 Å². The monoisotopic (exact) mass is 690 g/mol. The molecule has 11 rings (SSSR count). The summed E-state index contributed by atoms with van der Waals surface area (Å²) in [6.45, 7) is 4.07. The van der Waals surface area contributed by atoms with E-state index in [0.717, 1.165) is 60.7 Å². The Kier molecular flexibility index (Phi) is 6.72. The van der Waals surface area contributed by atoms with E-state index in [1.807, 2.05) is 13.8 Å². The molecular formula is C52H34O2. The Bertz CT molecular complexity index is 3270. The Morgan fingerprint density at radius 1 is 0.407 bits per heavy atom. The lowest BCUT2D eigenvalue weighted by molar-refractivity contribution is 0.578. The van der Waals surface area contributed by atoms with Crippen LogP contribution in [0.15, 0.2) is 173 Å². The highest BCUT2D eigenvalue weighted by Gasteiger charge is 2.19. The summed E-state index contributed by atoms with van der Waals surface area (Å²) in [4.78, 5) is 0. The Morgan fingerprint density at radius 3 is 1.78 bits per heavy atom. The topological polar surface area (TPSA) is 26.3 Å². The molecular weight excluding hydrogens is 657 g/mol. The van der Waals surface area contributed by atoms with E-state index in [9.17, 15) is 0 Å². The highest BCUT2D eigenvalue weighted by Crippen LogP contribution is 2.46. The number of allylic oxidation sites excluding steroid dienone is 1. The van der Waals surface area contributed by atoms with Gasteiger partial charge in [0.25, 0.3) is 0 Å². The van der Waals surface area contributed by atoms with Crippen LogP contribution in [0.3, 0.4) is 0 Å². The van der Waals surface area contributed by atoms with Crippen LogP contribution in [-0.4, -0.2) is 0 Å². The van der Waals surface area contributed by atoms with Gasteiger partial charge in [-0.25, -0.2) is 0 Å².